The third-order valence-corrected chi connectivity index (χ3v) is 7.29. The zero-order valence-electron chi connectivity index (χ0n) is 13.2. The number of hydrogen-bond donors (Lipinski definition) is 2. The lowest BCUT2D eigenvalue weighted by molar-refractivity contribution is -0.910. The standard InChI is InChI=1S/C15H26N2O2S2/c1-15(2,12-17(3)13-8-5-4-6-9-13)16-21(18,19)14-10-7-11-20-14/h7,10-11,13,16H,4-6,8-9,12H2,1-3H3/p+1. The maximum Gasteiger partial charge on any atom is 0.250 e. The van der Waals surface area contributed by atoms with Gasteiger partial charge in [-0.25, -0.2) is 8.42 Å². The van der Waals surface area contributed by atoms with Gasteiger partial charge in [-0.3, -0.25) is 0 Å². The smallest absolute Gasteiger partial charge is 0.250 e. The van der Waals surface area contributed by atoms with Crippen LogP contribution in [0.4, 0.5) is 0 Å². The van der Waals surface area contributed by atoms with E-state index in [-0.39, 0.29) is 0 Å². The quantitative estimate of drug-likeness (QED) is 0.833. The van der Waals surface area contributed by atoms with Gasteiger partial charge in [-0.1, -0.05) is 12.5 Å². The van der Waals surface area contributed by atoms with Crippen molar-refractivity contribution in [3.8, 4) is 0 Å². The molecule has 1 aromatic rings. The van der Waals surface area contributed by atoms with Crippen LogP contribution >= 0.6 is 11.3 Å². The topological polar surface area (TPSA) is 50.6 Å². The van der Waals surface area contributed by atoms with Crippen molar-refractivity contribution in [1.82, 2.24) is 4.72 Å². The number of quaternary nitrogens is 1. The van der Waals surface area contributed by atoms with Crippen molar-refractivity contribution in [3.05, 3.63) is 17.5 Å². The van der Waals surface area contributed by atoms with Crippen LogP contribution in [0, 0.1) is 0 Å². The molecule has 4 nitrogen and oxygen atoms in total. The van der Waals surface area contributed by atoms with E-state index in [0.717, 1.165) is 6.54 Å². The summed E-state index contributed by atoms with van der Waals surface area (Å²) in [6.45, 7) is 4.76. The molecule has 2 rings (SSSR count). The Morgan fingerprint density at radius 2 is 2.00 bits per heavy atom. The Morgan fingerprint density at radius 3 is 2.57 bits per heavy atom. The first-order valence-corrected chi connectivity index (χ1v) is 10.1. The molecule has 0 amide bonds. The van der Waals surface area contributed by atoms with E-state index in [2.05, 4.69) is 11.8 Å². The van der Waals surface area contributed by atoms with Gasteiger partial charge in [0.1, 0.15) is 4.21 Å². The van der Waals surface area contributed by atoms with Crippen LogP contribution < -0.4 is 9.62 Å². The van der Waals surface area contributed by atoms with Crippen molar-refractivity contribution < 1.29 is 13.3 Å². The van der Waals surface area contributed by atoms with Crippen LogP contribution in [-0.2, 0) is 10.0 Å². The van der Waals surface area contributed by atoms with Crippen molar-refractivity contribution in [3.63, 3.8) is 0 Å². The molecule has 0 bridgehead atoms. The summed E-state index contributed by atoms with van der Waals surface area (Å²) in [5.41, 5.74) is -0.440. The molecule has 1 fully saturated rings. The van der Waals surface area contributed by atoms with Crippen molar-refractivity contribution in [2.24, 2.45) is 0 Å². The van der Waals surface area contributed by atoms with E-state index in [1.165, 1.54) is 48.3 Å². The molecule has 1 aromatic heterocycles. The third-order valence-electron chi connectivity index (χ3n) is 4.19. The number of sulfonamides is 1. The summed E-state index contributed by atoms with van der Waals surface area (Å²) in [7, 11) is -1.20. The Morgan fingerprint density at radius 1 is 1.33 bits per heavy atom. The van der Waals surface area contributed by atoms with Gasteiger partial charge in [-0.05, 0) is 51.0 Å². The van der Waals surface area contributed by atoms with E-state index in [4.69, 9.17) is 0 Å². The fraction of sp³-hybridized carbons (Fsp3) is 0.733. The molecular weight excluding hydrogens is 304 g/mol. The molecule has 2 N–H and O–H groups in total. The number of thiophene rings is 1. The fourth-order valence-corrected chi connectivity index (χ4v) is 5.71. The second kappa shape index (κ2) is 6.77. The minimum atomic E-state index is -3.40. The van der Waals surface area contributed by atoms with Crippen LogP contribution in [0.1, 0.15) is 46.0 Å². The molecule has 6 heteroatoms. The zero-order chi connectivity index (χ0) is 15.5. The van der Waals surface area contributed by atoms with Crippen LogP contribution in [0.2, 0.25) is 0 Å². The third kappa shape index (κ3) is 4.77. The lowest BCUT2D eigenvalue weighted by Gasteiger charge is -2.34. The predicted molar refractivity (Wildman–Crippen MR) is 87.3 cm³/mol. The minimum Gasteiger partial charge on any atom is -0.333 e. The summed E-state index contributed by atoms with van der Waals surface area (Å²) in [6, 6.07) is 4.09. The van der Waals surface area contributed by atoms with Crippen molar-refractivity contribution >= 4 is 21.4 Å². The summed E-state index contributed by atoms with van der Waals surface area (Å²) >= 11 is 1.26. The highest BCUT2D eigenvalue weighted by Gasteiger charge is 2.32. The second-order valence-electron chi connectivity index (χ2n) is 6.78. The second-order valence-corrected chi connectivity index (χ2v) is 9.64. The predicted octanol–water partition coefficient (Wildman–Crippen LogP) is 1.65. The van der Waals surface area contributed by atoms with E-state index in [1.807, 2.05) is 13.8 Å². The number of hydrogen-bond acceptors (Lipinski definition) is 3. The molecule has 1 saturated carbocycles. The number of likely N-dealkylation sites (N-methyl/N-ethyl adjacent to an activating group) is 1. The van der Waals surface area contributed by atoms with Crippen molar-refractivity contribution in [1.29, 1.82) is 0 Å². The molecule has 1 aliphatic rings. The summed E-state index contributed by atoms with van der Waals surface area (Å²) in [5, 5.41) is 1.79. The van der Waals surface area contributed by atoms with E-state index >= 15 is 0 Å². The van der Waals surface area contributed by atoms with Gasteiger partial charge >= 0.3 is 0 Å². The largest absolute Gasteiger partial charge is 0.333 e. The zero-order valence-corrected chi connectivity index (χ0v) is 14.8. The summed E-state index contributed by atoms with van der Waals surface area (Å²) < 4.78 is 28.0. The first-order chi connectivity index (χ1) is 9.80. The Bertz CT molecular complexity index is 532. The van der Waals surface area contributed by atoms with E-state index in [0.29, 0.717) is 10.3 Å². The van der Waals surface area contributed by atoms with Crippen molar-refractivity contribution in [2.75, 3.05) is 13.6 Å². The lowest BCUT2D eigenvalue weighted by atomic mass is 9.93. The summed E-state index contributed by atoms with van der Waals surface area (Å²) in [5.74, 6) is 0. The number of rotatable bonds is 6. The van der Waals surface area contributed by atoms with Gasteiger partial charge < -0.3 is 4.90 Å². The van der Waals surface area contributed by atoms with Gasteiger partial charge in [0.15, 0.2) is 0 Å². The first-order valence-electron chi connectivity index (χ1n) is 7.70. The van der Waals surface area contributed by atoms with Gasteiger partial charge in [0.05, 0.1) is 25.2 Å². The highest BCUT2D eigenvalue weighted by atomic mass is 32.2. The molecule has 120 valence electrons. The first kappa shape index (κ1) is 16.9. The summed E-state index contributed by atoms with van der Waals surface area (Å²) in [6.07, 6.45) is 6.49. The average molecular weight is 332 g/mol. The summed E-state index contributed by atoms with van der Waals surface area (Å²) in [4.78, 5) is 1.44. The maximum atomic E-state index is 12.4. The van der Waals surface area contributed by atoms with Crippen LogP contribution in [0.3, 0.4) is 0 Å². The molecule has 0 spiro atoms. The maximum absolute atomic E-state index is 12.4. The van der Waals surface area contributed by atoms with Gasteiger partial charge in [-0.15, -0.1) is 11.3 Å². The van der Waals surface area contributed by atoms with Crippen LogP contribution in [-0.4, -0.2) is 33.6 Å². The Labute approximate surface area is 132 Å². The Hall–Kier alpha value is -0.430. The highest BCUT2D eigenvalue weighted by Crippen LogP contribution is 2.18. The average Bonchev–Trinajstić information content (AvgIpc) is 2.92. The van der Waals surface area contributed by atoms with Crippen LogP contribution in [0.15, 0.2) is 21.7 Å². The molecule has 0 saturated heterocycles. The van der Waals surface area contributed by atoms with E-state index in [1.54, 1.807) is 17.5 Å². The Balaban J connectivity index is 1.98. The monoisotopic (exact) mass is 331 g/mol. The molecule has 1 aliphatic carbocycles. The normalized spacial score (nSPS) is 19.6. The van der Waals surface area contributed by atoms with Gasteiger partial charge in [-0.2, -0.15) is 4.72 Å². The van der Waals surface area contributed by atoms with Crippen LogP contribution in [0.5, 0.6) is 0 Å². The van der Waals surface area contributed by atoms with Gasteiger partial charge in [0, 0.05) is 0 Å². The van der Waals surface area contributed by atoms with E-state index in [9.17, 15) is 8.42 Å². The molecule has 0 radical (unpaired) electrons. The highest BCUT2D eigenvalue weighted by molar-refractivity contribution is 7.91. The Kier molecular flexibility index (Phi) is 5.46. The molecule has 21 heavy (non-hydrogen) atoms. The number of nitrogens with one attached hydrogen (secondary N) is 2. The molecule has 0 aliphatic heterocycles. The molecule has 0 aromatic carbocycles. The van der Waals surface area contributed by atoms with Gasteiger partial charge in [0.25, 0.3) is 10.0 Å². The minimum absolute atomic E-state index is 0.394. The molecular formula is C15H27N2O2S2+. The molecule has 1 heterocycles. The SMILES string of the molecule is C[NH+](CC(C)(C)NS(=O)(=O)c1cccs1)C1CCCCC1. The fourth-order valence-electron chi connectivity index (χ4n) is 3.30. The van der Waals surface area contributed by atoms with Crippen molar-refractivity contribution in [2.45, 2.75) is 61.7 Å². The molecule has 1 unspecified atom stereocenters. The van der Waals surface area contributed by atoms with Gasteiger partial charge in [0.2, 0.25) is 0 Å². The van der Waals surface area contributed by atoms with Crippen LogP contribution in [0.25, 0.3) is 0 Å². The lowest BCUT2D eigenvalue weighted by Crippen LogP contribution is -3.15. The van der Waals surface area contributed by atoms with E-state index < -0.39 is 15.6 Å². The molecule has 1 atom stereocenters.